The average Bonchev–Trinajstić information content (AvgIpc) is 2.93. The van der Waals surface area contributed by atoms with Gasteiger partial charge in [-0.3, -0.25) is 4.79 Å². The summed E-state index contributed by atoms with van der Waals surface area (Å²) in [5.41, 5.74) is 2.87. The number of unbranched alkanes of at least 4 members (excludes halogenated alkanes) is 4. The van der Waals surface area contributed by atoms with Crippen LogP contribution in [0.25, 0.3) is 0 Å². The minimum absolute atomic E-state index is 0.0270. The van der Waals surface area contributed by atoms with E-state index in [9.17, 15) is 4.79 Å². The third kappa shape index (κ3) is 10.6. The van der Waals surface area contributed by atoms with Crippen molar-refractivity contribution in [2.45, 2.75) is 105 Å². The molecule has 0 spiro atoms. The van der Waals surface area contributed by atoms with Crippen LogP contribution in [0.3, 0.4) is 0 Å². The second-order valence-electron chi connectivity index (χ2n) is 9.82. The zero-order valence-corrected chi connectivity index (χ0v) is 24.5. The van der Waals surface area contributed by atoms with Crippen LogP contribution in [0.1, 0.15) is 114 Å². The number of hydrogen-bond donors (Lipinski definition) is 0. The summed E-state index contributed by atoms with van der Waals surface area (Å²) in [5, 5.41) is 0. The third-order valence-electron chi connectivity index (χ3n) is 6.51. The molecule has 38 heavy (non-hydrogen) atoms. The Labute approximate surface area is 231 Å². The molecule has 0 fully saturated rings. The number of ether oxygens (including phenoxy) is 4. The minimum atomic E-state index is 0.0270. The fraction of sp³-hybridized carbons (Fsp3) is 0.606. The van der Waals surface area contributed by atoms with E-state index in [1.165, 1.54) is 5.56 Å². The molecule has 0 aliphatic rings. The van der Waals surface area contributed by atoms with Crippen molar-refractivity contribution in [3.05, 3.63) is 47.0 Å². The second-order valence-corrected chi connectivity index (χ2v) is 9.82. The Balaban J connectivity index is 2.35. The molecule has 0 saturated carbocycles. The molecule has 0 aliphatic carbocycles. The maximum absolute atomic E-state index is 13.7. The van der Waals surface area contributed by atoms with Crippen LogP contribution in [-0.2, 0) is 12.8 Å². The van der Waals surface area contributed by atoms with Crippen LogP contribution in [0.4, 0.5) is 0 Å². The van der Waals surface area contributed by atoms with E-state index in [1.807, 2.05) is 12.1 Å². The number of aryl methyl sites for hydroxylation is 2. The Morgan fingerprint density at radius 2 is 1.24 bits per heavy atom. The summed E-state index contributed by atoms with van der Waals surface area (Å²) in [5.74, 6) is 2.71. The molecule has 2 aromatic rings. The van der Waals surface area contributed by atoms with Gasteiger partial charge in [-0.15, -0.1) is 0 Å². The highest BCUT2D eigenvalue weighted by molar-refractivity contribution is 6.00. The van der Waals surface area contributed by atoms with Gasteiger partial charge in [-0.05, 0) is 61.8 Å². The molecule has 2 rings (SSSR count). The molecular formula is C33H50O5. The summed E-state index contributed by atoms with van der Waals surface area (Å²) in [6, 6.07) is 10.1. The van der Waals surface area contributed by atoms with Crippen LogP contribution in [0, 0.1) is 0 Å². The number of ketones is 1. The number of benzene rings is 2. The van der Waals surface area contributed by atoms with Gasteiger partial charge in [0.15, 0.2) is 17.3 Å². The Kier molecular flexibility index (Phi) is 15.4. The lowest BCUT2D eigenvalue weighted by molar-refractivity contribution is 0.0976. The molecule has 5 nitrogen and oxygen atoms in total. The van der Waals surface area contributed by atoms with E-state index in [1.54, 1.807) is 0 Å². The van der Waals surface area contributed by atoms with Crippen LogP contribution in [0.2, 0.25) is 0 Å². The number of Topliss-reactive ketones (excluding diaryl/α,β-unsaturated/α-hetero) is 1. The SMILES string of the molecule is CCCCOc1cc(OCCCC)c(OCCCC)c(C(=O)CCc2cc(CC)ccc2OCCCC)c1. The van der Waals surface area contributed by atoms with Gasteiger partial charge in [0, 0.05) is 12.5 Å². The van der Waals surface area contributed by atoms with Gasteiger partial charge >= 0.3 is 0 Å². The number of rotatable bonds is 21. The summed E-state index contributed by atoms with van der Waals surface area (Å²) in [6.07, 6.45) is 9.91. The molecule has 0 N–H and O–H groups in total. The van der Waals surface area contributed by atoms with Crippen molar-refractivity contribution in [3.8, 4) is 23.0 Å². The lowest BCUT2D eigenvalue weighted by Crippen LogP contribution is -2.11. The monoisotopic (exact) mass is 526 g/mol. The molecule has 5 heteroatoms. The third-order valence-corrected chi connectivity index (χ3v) is 6.51. The maximum atomic E-state index is 13.7. The van der Waals surface area contributed by atoms with Crippen LogP contribution >= 0.6 is 0 Å². The summed E-state index contributed by atoms with van der Waals surface area (Å²) in [4.78, 5) is 13.7. The first-order valence-electron chi connectivity index (χ1n) is 14.9. The van der Waals surface area contributed by atoms with Gasteiger partial charge in [-0.1, -0.05) is 72.4 Å². The smallest absolute Gasteiger partial charge is 0.172 e. The minimum Gasteiger partial charge on any atom is -0.493 e. The van der Waals surface area contributed by atoms with Crippen LogP contribution in [0.5, 0.6) is 23.0 Å². The number of carbonyl (C=O) groups excluding carboxylic acids is 1. The van der Waals surface area contributed by atoms with Crippen LogP contribution in [-0.4, -0.2) is 32.2 Å². The van der Waals surface area contributed by atoms with Crippen LogP contribution < -0.4 is 18.9 Å². The Bertz CT molecular complexity index is 953. The molecule has 0 aliphatic heterocycles. The van der Waals surface area contributed by atoms with E-state index < -0.39 is 0 Å². The molecule has 0 amide bonds. The van der Waals surface area contributed by atoms with Crippen molar-refractivity contribution < 1.29 is 23.7 Å². The largest absolute Gasteiger partial charge is 0.493 e. The molecule has 212 valence electrons. The van der Waals surface area contributed by atoms with Crippen molar-refractivity contribution in [1.82, 2.24) is 0 Å². The Morgan fingerprint density at radius 1 is 0.658 bits per heavy atom. The normalized spacial score (nSPS) is 10.9. The van der Waals surface area contributed by atoms with Gasteiger partial charge < -0.3 is 18.9 Å². The van der Waals surface area contributed by atoms with Crippen molar-refractivity contribution >= 4 is 5.78 Å². The van der Waals surface area contributed by atoms with Crippen molar-refractivity contribution in [2.24, 2.45) is 0 Å². The molecule has 0 unspecified atom stereocenters. The molecule has 2 aromatic carbocycles. The second kappa shape index (κ2) is 18.5. The van der Waals surface area contributed by atoms with Gasteiger partial charge in [0.2, 0.25) is 0 Å². The van der Waals surface area contributed by atoms with E-state index >= 15 is 0 Å². The van der Waals surface area contributed by atoms with E-state index in [0.29, 0.717) is 62.1 Å². The first-order chi connectivity index (χ1) is 18.6. The van der Waals surface area contributed by atoms with Crippen LogP contribution in [0.15, 0.2) is 30.3 Å². The molecule has 0 heterocycles. The predicted octanol–water partition coefficient (Wildman–Crippen LogP) is 8.78. The Morgan fingerprint density at radius 3 is 1.84 bits per heavy atom. The molecular weight excluding hydrogens is 476 g/mol. The summed E-state index contributed by atoms with van der Waals surface area (Å²) >= 11 is 0. The maximum Gasteiger partial charge on any atom is 0.172 e. The topological polar surface area (TPSA) is 54.0 Å². The van der Waals surface area contributed by atoms with Crippen molar-refractivity contribution in [3.63, 3.8) is 0 Å². The molecule has 0 atom stereocenters. The van der Waals surface area contributed by atoms with Gasteiger partial charge in [0.25, 0.3) is 0 Å². The molecule has 0 saturated heterocycles. The van der Waals surface area contributed by atoms with E-state index in [-0.39, 0.29) is 5.78 Å². The van der Waals surface area contributed by atoms with Gasteiger partial charge in [-0.25, -0.2) is 0 Å². The number of hydrogen-bond acceptors (Lipinski definition) is 5. The molecule has 0 radical (unpaired) electrons. The highest BCUT2D eigenvalue weighted by Gasteiger charge is 2.21. The zero-order chi connectivity index (χ0) is 27.6. The van der Waals surface area contributed by atoms with Crippen molar-refractivity contribution in [1.29, 1.82) is 0 Å². The number of carbonyl (C=O) groups is 1. The molecule has 0 bridgehead atoms. The highest BCUT2D eigenvalue weighted by Crippen LogP contribution is 2.38. The Hall–Kier alpha value is -2.69. The van der Waals surface area contributed by atoms with Gasteiger partial charge in [0.05, 0.1) is 32.0 Å². The van der Waals surface area contributed by atoms with Gasteiger partial charge in [-0.2, -0.15) is 0 Å². The lowest BCUT2D eigenvalue weighted by Gasteiger charge is -2.18. The zero-order valence-electron chi connectivity index (χ0n) is 24.5. The van der Waals surface area contributed by atoms with Crippen molar-refractivity contribution in [2.75, 3.05) is 26.4 Å². The first-order valence-corrected chi connectivity index (χ1v) is 14.9. The lowest BCUT2D eigenvalue weighted by atomic mass is 9.99. The van der Waals surface area contributed by atoms with E-state index in [2.05, 4.69) is 52.8 Å². The molecule has 0 aromatic heterocycles. The summed E-state index contributed by atoms with van der Waals surface area (Å²) in [7, 11) is 0. The average molecular weight is 527 g/mol. The standard InChI is InChI=1S/C33H50O5/c1-6-11-19-35-28-24-29(33(38-22-14-9-4)32(25-28)37-21-13-8-3)30(34)17-16-27-23-26(10-5)15-18-31(27)36-20-12-7-2/h15,18,23-25H,6-14,16-17,19-22H2,1-5H3. The summed E-state index contributed by atoms with van der Waals surface area (Å²) < 4.78 is 24.4. The fourth-order valence-electron chi connectivity index (χ4n) is 4.00. The van der Waals surface area contributed by atoms with E-state index in [0.717, 1.165) is 69.1 Å². The first kappa shape index (κ1) is 31.5. The predicted molar refractivity (Wildman–Crippen MR) is 157 cm³/mol. The summed E-state index contributed by atoms with van der Waals surface area (Å²) in [6.45, 7) is 13.1. The van der Waals surface area contributed by atoms with Gasteiger partial charge in [0.1, 0.15) is 11.5 Å². The fourth-order valence-corrected chi connectivity index (χ4v) is 4.00. The highest BCUT2D eigenvalue weighted by atomic mass is 16.5. The quantitative estimate of drug-likeness (QED) is 0.120. The van der Waals surface area contributed by atoms with E-state index in [4.69, 9.17) is 18.9 Å².